The number of rotatable bonds is 5. The Kier molecular flexibility index (Phi) is 5.24. The van der Waals surface area contributed by atoms with Gasteiger partial charge in [0.15, 0.2) is 0 Å². The monoisotopic (exact) mass is 388 g/mol. The highest BCUT2D eigenvalue weighted by Gasteiger charge is 2.53. The number of carbonyl (C=O) groups excluding carboxylic acids is 3. The fraction of sp³-hybridized carbons (Fsp3) is 0.278. The lowest BCUT2D eigenvalue weighted by Crippen LogP contribution is -2.71. The van der Waals surface area contributed by atoms with Crippen LogP contribution in [0.5, 0.6) is 5.75 Å². The van der Waals surface area contributed by atoms with Gasteiger partial charge in [-0.15, -0.1) is 11.8 Å². The van der Waals surface area contributed by atoms with E-state index in [0.717, 1.165) is 0 Å². The summed E-state index contributed by atoms with van der Waals surface area (Å²) in [5.74, 6) is -1.00. The number of aromatic hydroxyl groups is 1. The summed E-state index contributed by atoms with van der Waals surface area (Å²) >= 11 is 1.45. The number of hydrogen-bond donors (Lipinski definition) is 4. The Bertz CT molecular complexity index is 849. The van der Waals surface area contributed by atoms with Crippen molar-refractivity contribution in [2.45, 2.75) is 24.4 Å². The van der Waals surface area contributed by atoms with E-state index in [-0.39, 0.29) is 11.4 Å². The number of β-lactam (4-membered cyclic amide) rings is 1. The second-order valence-electron chi connectivity index (χ2n) is 6.20. The molecule has 1 aromatic rings. The smallest absolute Gasteiger partial charge is 0.265 e. The van der Waals surface area contributed by atoms with Crippen molar-refractivity contribution in [3.63, 3.8) is 0 Å². The van der Waals surface area contributed by atoms with E-state index >= 15 is 0 Å². The van der Waals surface area contributed by atoms with Crippen LogP contribution in [0.25, 0.3) is 0 Å². The van der Waals surface area contributed by atoms with E-state index in [1.165, 1.54) is 28.8 Å². The second kappa shape index (κ2) is 7.45. The number of fused-ring (bicyclic) bond motifs is 1. The molecule has 0 aliphatic carbocycles. The van der Waals surface area contributed by atoms with Crippen LogP contribution in [0.4, 0.5) is 0 Å². The van der Waals surface area contributed by atoms with E-state index < -0.39 is 35.2 Å². The first kappa shape index (κ1) is 19.0. The fourth-order valence-corrected chi connectivity index (χ4v) is 4.40. The lowest BCUT2D eigenvalue weighted by atomic mass is 10.0. The molecular formula is C18H20N4O4S. The van der Waals surface area contributed by atoms with Gasteiger partial charge in [-0.3, -0.25) is 19.3 Å². The Labute approximate surface area is 160 Å². The number of allylic oxidation sites excluding steroid dienone is 2. The van der Waals surface area contributed by atoms with Crippen molar-refractivity contribution in [1.29, 1.82) is 0 Å². The second-order valence-corrected chi connectivity index (χ2v) is 7.31. The van der Waals surface area contributed by atoms with Gasteiger partial charge in [-0.2, -0.15) is 0 Å². The SMILES string of the molecule is C/C=C/C1=C(C(N)=O)N2C(=O)[C@@H](NC(=O)[C@H](N)c3ccc(O)cc3)[C@H]2SC1. The third-order valence-electron chi connectivity index (χ3n) is 4.43. The highest BCUT2D eigenvalue weighted by Crippen LogP contribution is 2.40. The Morgan fingerprint density at radius 2 is 2.04 bits per heavy atom. The molecule has 3 amide bonds. The van der Waals surface area contributed by atoms with Gasteiger partial charge in [-0.1, -0.05) is 24.3 Å². The van der Waals surface area contributed by atoms with Crippen LogP contribution < -0.4 is 16.8 Å². The molecule has 0 aromatic heterocycles. The quantitative estimate of drug-likeness (QED) is 0.528. The largest absolute Gasteiger partial charge is 0.508 e. The van der Waals surface area contributed by atoms with E-state index in [1.54, 1.807) is 24.3 Å². The van der Waals surface area contributed by atoms with Crippen LogP contribution in [0.1, 0.15) is 18.5 Å². The summed E-state index contributed by atoms with van der Waals surface area (Å²) in [5, 5.41) is 11.6. The first-order chi connectivity index (χ1) is 12.8. The highest BCUT2D eigenvalue weighted by molar-refractivity contribution is 8.00. The highest BCUT2D eigenvalue weighted by atomic mass is 32.2. The van der Waals surface area contributed by atoms with Gasteiger partial charge in [0, 0.05) is 5.75 Å². The van der Waals surface area contributed by atoms with Crippen LogP contribution >= 0.6 is 11.8 Å². The van der Waals surface area contributed by atoms with Crippen molar-refractivity contribution in [1.82, 2.24) is 10.2 Å². The summed E-state index contributed by atoms with van der Waals surface area (Å²) in [5.41, 5.74) is 12.8. The molecule has 1 saturated heterocycles. The van der Waals surface area contributed by atoms with E-state index in [0.29, 0.717) is 16.9 Å². The van der Waals surface area contributed by atoms with Gasteiger partial charge in [-0.05, 0) is 30.2 Å². The summed E-state index contributed by atoms with van der Waals surface area (Å²) in [6, 6.07) is 4.20. The van der Waals surface area contributed by atoms with Gasteiger partial charge in [-0.25, -0.2) is 0 Å². The van der Waals surface area contributed by atoms with Gasteiger partial charge < -0.3 is 21.9 Å². The molecule has 1 fully saturated rings. The molecule has 2 heterocycles. The number of nitrogens with one attached hydrogen (secondary N) is 1. The summed E-state index contributed by atoms with van der Waals surface area (Å²) in [7, 11) is 0. The van der Waals surface area contributed by atoms with Crippen LogP contribution in [0.3, 0.4) is 0 Å². The molecule has 2 aliphatic heterocycles. The lowest BCUT2D eigenvalue weighted by molar-refractivity contribution is -0.147. The number of nitrogens with zero attached hydrogens (tertiary/aromatic N) is 1. The molecule has 2 aliphatic rings. The van der Waals surface area contributed by atoms with Gasteiger partial charge in [0.05, 0.1) is 0 Å². The normalized spacial score (nSPS) is 23.0. The zero-order valence-corrected chi connectivity index (χ0v) is 15.4. The predicted octanol–water partition coefficient (Wildman–Crippen LogP) is 0.107. The zero-order chi connectivity index (χ0) is 19.7. The van der Waals surface area contributed by atoms with E-state index in [9.17, 15) is 19.5 Å². The van der Waals surface area contributed by atoms with E-state index in [1.807, 2.05) is 6.92 Å². The van der Waals surface area contributed by atoms with Crippen LogP contribution in [0, 0.1) is 0 Å². The molecule has 6 N–H and O–H groups in total. The molecule has 8 nitrogen and oxygen atoms in total. The number of hydrogen-bond acceptors (Lipinski definition) is 6. The number of phenolic OH excluding ortho intramolecular Hbond substituents is 1. The molecule has 27 heavy (non-hydrogen) atoms. The Morgan fingerprint density at radius 1 is 1.37 bits per heavy atom. The van der Waals surface area contributed by atoms with Crippen LogP contribution in [-0.2, 0) is 14.4 Å². The third-order valence-corrected chi connectivity index (χ3v) is 5.73. The maximum Gasteiger partial charge on any atom is 0.265 e. The molecular weight excluding hydrogens is 368 g/mol. The average molecular weight is 388 g/mol. The average Bonchev–Trinajstić information content (AvgIpc) is 2.65. The number of primary amides is 1. The number of carbonyl (C=O) groups is 3. The molecule has 0 spiro atoms. The standard InChI is InChI=1S/C18H20N4O4S/c1-2-3-10-8-27-18-13(17(26)22(18)14(10)15(20)24)21-16(25)12(19)9-4-6-11(23)7-5-9/h2-7,12-13,18,23H,8,19H2,1H3,(H2,20,24)(H,21,25)/b3-2+/t12-,13-,18-/m1/s1. The van der Waals surface area contributed by atoms with Crippen molar-refractivity contribution in [2.24, 2.45) is 11.5 Å². The minimum absolute atomic E-state index is 0.0671. The first-order valence-electron chi connectivity index (χ1n) is 8.30. The maximum atomic E-state index is 12.6. The van der Waals surface area contributed by atoms with Crippen LogP contribution in [0.2, 0.25) is 0 Å². The summed E-state index contributed by atoms with van der Waals surface area (Å²) in [6.45, 7) is 1.81. The topological polar surface area (TPSA) is 139 Å². The molecule has 3 atom stereocenters. The van der Waals surface area contributed by atoms with Crippen molar-refractivity contribution in [3.05, 3.63) is 53.3 Å². The zero-order valence-electron chi connectivity index (χ0n) is 14.6. The van der Waals surface area contributed by atoms with E-state index in [4.69, 9.17) is 11.5 Å². The number of amides is 3. The summed E-state index contributed by atoms with van der Waals surface area (Å²) in [6.07, 6.45) is 3.53. The third kappa shape index (κ3) is 3.43. The van der Waals surface area contributed by atoms with Crippen molar-refractivity contribution in [2.75, 3.05) is 5.75 Å². The molecule has 1 aromatic carbocycles. The Morgan fingerprint density at radius 3 is 2.63 bits per heavy atom. The van der Waals surface area contributed by atoms with Gasteiger partial charge in [0.25, 0.3) is 11.8 Å². The number of benzene rings is 1. The van der Waals surface area contributed by atoms with Gasteiger partial charge in [0.2, 0.25) is 5.91 Å². The van der Waals surface area contributed by atoms with Gasteiger partial charge in [0.1, 0.15) is 28.9 Å². The minimum atomic E-state index is -0.981. The maximum absolute atomic E-state index is 12.6. The Balaban J connectivity index is 1.74. The fourth-order valence-electron chi connectivity index (χ4n) is 3.08. The molecule has 0 bridgehead atoms. The van der Waals surface area contributed by atoms with Gasteiger partial charge >= 0.3 is 0 Å². The van der Waals surface area contributed by atoms with Crippen molar-refractivity contribution >= 4 is 29.5 Å². The summed E-state index contributed by atoms with van der Waals surface area (Å²) in [4.78, 5) is 38.2. The number of thioether (sulfide) groups is 1. The molecule has 3 rings (SSSR count). The molecule has 142 valence electrons. The molecule has 9 heteroatoms. The van der Waals surface area contributed by atoms with Crippen molar-refractivity contribution < 1.29 is 19.5 Å². The predicted molar refractivity (Wildman–Crippen MR) is 101 cm³/mol. The van der Waals surface area contributed by atoms with Crippen LogP contribution in [0.15, 0.2) is 47.7 Å². The van der Waals surface area contributed by atoms with Crippen LogP contribution in [-0.4, -0.2) is 44.9 Å². The lowest BCUT2D eigenvalue weighted by Gasteiger charge is -2.49. The molecule has 0 saturated carbocycles. The minimum Gasteiger partial charge on any atom is -0.508 e. The van der Waals surface area contributed by atoms with E-state index in [2.05, 4.69) is 5.32 Å². The first-order valence-corrected chi connectivity index (χ1v) is 9.35. The number of nitrogens with two attached hydrogens (primary N) is 2. The molecule has 0 unspecified atom stereocenters. The number of phenols is 1. The molecule has 0 radical (unpaired) electrons. The Hall–Kier alpha value is -2.78. The van der Waals surface area contributed by atoms with Crippen molar-refractivity contribution in [3.8, 4) is 5.75 Å². The summed E-state index contributed by atoms with van der Waals surface area (Å²) < 4.78 is 0.